The summed E-state index contributed by atoms with van der Waals surface area (Å²) in [6.45, 7) is 5.87. The van der Waals surface area contributed by atoms with Crippen molar-refractivity contribution < 1.29 is 0 Å². The Bertz CT molecular complexity index is 514. The number of halogens is 1. The minimum absolute atomic E-state index is 0.500. The fraction of sp³-hybridized carbons (Fsp3) is 0.455. The van der Waals surface area contributed by atoms with Crippen molar-refractivity contribution >= 4 is 11.6 Å². The van der Waals surface area contributed by atoms with Crippen molar-refractivity contribution in [2.75, 3.05) is 0 Å². The average molecular weight is 254 g/mol. The standard InChI is InChI=1S/C11H16ClN5/c1-3-17-10(11(12)8(2)15-17)7-16-6-9(4-13)5-14-16/h5-6H,3-4,7,13H2,1-2H3. The van der Waals surface area contributed by atoms with E-state index in [1.807, 2.05) is 29.4 Å². The first kappa shape index (κ1) is 12.1. The smallest absolute Gasteiger partial charge is 0.0866 e. The van der Waals surface area contributed by atoms with Gasteiger partial charge in [0, 0.05) is 24.8 Å². The second-order valence-electron chi connectivity index (χ2n) is 3.91. The number of nitrogens with zero attached hydrogens (tertiary/aromatic N) is 4. The van der Waals surface area contributed by atoms with Gasteiger partial charge in [-0.1, -0.05) is 11.6 Å². The van der Waals surface area contributed by atoms with E-state index in [1.54, 1.807) is 6.20 Å². The molecule has 0 aliphatic rings. The topological polar surface area (TPSA) is 61.7 Å². The highest BCUT2D eigenvalue weighted by atomic mass is 35.5. The number of rotatable bonds is 4. The van der Waals surface area contributed by atoms with Crippen molar-refractivity contribution in [1.82, 2.24) is 19.6 Å². The molecule has 0 saturated heterocycles. The van der Waals surface area contributed by atoms with E-state index in [2.05, 4.69) is 10.2 Å². The summed E-state index contributed by atoms with van der Waals surface area (Å²) in [5.74, 6) is 0. The summed E-state index contributed by atoms with van der Waals surface area (Å²) in [6.07, 6.45) is 3.70. The molecule has 92 valence electrons. The molecule has 2 N–H and O–H groups in total. The SMILES string of the molecule is CCn1nc(C)c(Cl)c1Cn1cc(CN)cn1. The Morgan fingerprint density at radius 1 is 1.47 bits per heavy atom. The van der Waals surface area contributed by atoms with Crippen molar-refractivity contribution in [3.05, 3.63) is 34.4 Å². The average Bonchev–Trinajstić information content (AvgIpc) is 2.89. The Kier molecular flexibility index (Phi) is 3.49. The van der Waals surface area contributed by atoms with Gasteiger partial charge in [-0.3, -0.25) is 9.36 Å². The molecule has 0 saturated carbocycles. The Labute approximate surface area is 105 Å². The van der Waals surface area contributed by atoms with E-state index in [-0.39, 0.29) is 0 Å². The van der Waals surface area contributed by atoms with Crippen LogP contribution in [0.4, 0.5) is 0 Å². The van der Waals surface area contributed by atoms with Gasteiger partial charge in [0.25, 0.3) is 0 Å². The highest BCUT2D eigenvalue weighted by molar-refractivity contribution is 6.31. The molecule has 6 heteroatoms. The van der Waals surface area contributed by atoms with E-state index in [9.17, 15) is 0 Å². The van der Waals surface area contributed by atoms with Crippen LogP contribution in [0, 0.1) is 6.92 Å². The van der Waals surface area contributed by atoms with Crippen LogP contribution in [0.25, 0.3) is 0 Å². The summed E-state index contributed by atoms with van der Waals surface area (Å²) >= 11 is 6.23. The minimum Gasteiger partial charge on any atom is -0.326 e. The Morgan fingerprint density at radius 2 is 2.24 bits per heavy atom. The molecule has 0 bridgehead atoms. The number of aryl methyl sites for hydroxylation is 2. The Hall–Kier alpha value is -1.33. The van der Waals surface area contributed by atoms with E-state index in [0.29, 0.717) is 13.1 Å². The molecule has 0 unspecified atom stereocenters. The van der Waals surface area contributed by atoms with Crippen LogP contribution < -0.4 is 5.73 Å². The summed E-state index contributed by atoms with van der Waals surface area (Å²) in [6, 6.07) is 0. The molecule has 0 atom stereocenters. The van der Waals surface area contributed by atoms with Crippen LogP contribution in [0.15, 0.2) is 12.4 Å². The third-order valence-corrected chi connectivity index (χ3v) is 3.18. The molecule has 0 radical (unpaired) electrons. The van der Waals surface area contributed by atoms with Crippen LogP contribution in [-0.2, 0) is 19.6 Å². The van der Waals surface area contributed by atoms with Crippen LogP contribution >= 0.6 is 11.6 Å². The van der Waals surface area contributed by atoms with Crippen molar-refractivity contribution in [2.24, 2.45) is 5.73 Å². The highest BCUT2D eigenvalue weighted by Crippen LogP contribution is 2.21. The predicted octanol–water partition coefficient (Wildman–Crippen LogP) is 1.57. The van der Waals surface area contributed by atoms with Gasteiger partial charge in [0.15, 0.2) is 0 Å². The van der Waals surface area contributed by atoms with E-state index < -0.39 is 0 Å². The van der Waals surface area contributed by atoms with Crippen molar-refractivity contribution in [3.63, 3.8) is 0 Å². The molecule has 0 amide bonds. The second-order valence-corrected chi connectivity index (χ2v) is 4.29. The molecule has 5 nitrogen and oxygen atoms in total. The molecule has 0 aromatic carbocycles. The molecule has 0 spiro atoms. The zero-order chi connectivity index (χ0) is 12.4. The third kappa shape index (κ3) is 2.35. The number of hydrogen-bond acceptors (Lipinski definition) is 3. The van der Waals surface area contributed by atoms with E-state index in [4.69, 9.17) is 17.3 Å². The van der Waals surface area contributed by atoms with Gasteiger partial charge in [0.05, 0.1) is 29.2 Å². The molecule has 2 aromatic heterocycles. The lowest BCUT2D eigenvalue weighted by molar-refractivity contribution is 0.575. The maximum atomic E-state index is 6.23. The number of hydrogen-bond donors (Lipinski definition) is 1. The first-order valence-electron chi connectivity index (χ1n) is 5.58. The van der Waals surface area contributed by atoms with Gasteiger partial charge in [-0.2, -0.15) is 10.2 Å². The second kappa shape index (κ2) is 4.89. The first-order chi connectivity index (χ1) is 8.15. The van der Waals surface area contributed by atoms with Crippen LogP contribution in [0.3, 0.4) is 0 Å². The van der Waals surface area contributed by atoms with E-state index >= 15 is 0 Å². The fourth-order valence-corrected chi connectivity index (χ4v) is 1.97. The Morgan fingerprint density at radius 3 is 2.82 bits per heavy atom. The molecular weight excluding hydrogens is 238 g/mol. The third-order valence-electron chi connectivity index (χ3n) is 2.69. The van der Waals surface area contributed by atoms with Crippen molar-refractivity contribution in [3.8, 4) is 0 Å². The molecule has 0 fully saturated rings. The zero-order valence-corrected chi connectivity index (χ0v) is 10.8. The van der Waals surface area contributed by atoms with Gasteiger partial charge in [-0.05, 0) is 13.8 Å². The van der Waals surface area contributed by atoms with Crippen LogP contribution in [-0.4, -0.2) is 19.6 Å². The maximum Gasteiger partial charge on any atom is 0.0866 e. The number of nitrogens with two attached hydrogens (primary N) is 1. The summed E-state index contributed by atoms with van der Waals surface area (Å²) in [7, 11) is 0. The molecule has 0 aliphatic carbocycles. The lowest BCUT2D eigenvalue weighted by Crippen LogP contribution is -2.08. The monoisotopic (exact) mass is 253 g/mol. The van der Waals surface area contributed by atoms with Gasteiger partial charge in [-0.15, -0.1) is 0 Å². The van der Waals surface area contributed by atoms with Crippen molar-refractivity contribution in [2.45, 2.75) is 33.5 Å². The first-order valence-corrected chi connectivity index (χ1v) is 5.96. The normalized spacial score (nSPS) is 11.1. The van der Waals surface area contributed by atoms with E-state index in [0.717, 1.165) is 28.5 Å². The summed E-state index contributed by atoms with van der Waals surface area (Å²) in [5.41, 5.74) is 8.40. The molecule has 2 heterocycles. The van der Waals surface area contributed by atoms with Gasteiger partial charge in [0.2, 0.25) is 0 Å². The van der Waals surface area contributed by atoms with Gasteiger partial charge in [0.1, 0.15) is 0 Å². The van der Waals surface area contributed by atoms with Gasteiger partial charge < -0.3 is 5.73 Å². The minimum atomic E-state index is 0.500. The van der Waals surface area contributed by atoms with Gasteiger partial charge >= 0.3 is 0 Å². The van der Waals surface area contributed by atoms with Crippen LogP contribution in [0.5, 0.6) is 0 Å². The van der Waals surface area contributed by atoms with E-state index in [1.165, 1.54) is 0 Å². The van der Waals surface area contributed by atoms with Gasteiger partial charge in [-0.25, -0.2) is 0 Å². The fourth-order valence-electron chi connectivity index (χ4n) is 1.77. The lowest BCUT2D eigenvalue weighted by atomic mass is 10.3. The number of aromatic nitrogens is 4. The zero-order valence-electron chi connectivity index (χ0n) is 10.0. The largest absolute Gasteiger partial charge is 0.326 e. The maximum absolute atomic E-state index is 6.23. The molecule has 2 rings (SSSR count). The summed E-state index contributed by atoms with van der Waals surface area (Å²) in [4.78, 5) is 0. The summed E-state index contributed by atoms with van der Waals surface area (Å²) in [5, 5.41) is 9.33. The molecular formula is C11H16ClN5. The predicted molar refractivity (Wildman–Crippen MR) is 66.9 cm³/mol. The highest BCUT2D eigenvalue weighted by Gasteiger charge is 2.13. The quantitative estimate of drug-likeness (QED) is 0.900. The molecule has 17 heavy (non-hydrogen) atoms. The molecule has 0 aliphatic heterocycles. The van der Waals surface area contributed by atoms with Crippen LogP contribution in [0.1, 0.15) is 23.9 Å². The Balaban J connectivity index is 2.28. The summed E-state index contributed by atoms with van der Waals surface area (Å²) < 4.78 is 3.73. The van der Waals surface area contributed by atoms with Crippen LogP contribution in [0.2, 0.25) is 5.02 Å². The lowest BCUT2D eigenvalue weighted by Gasteiger charge is -2.05. The van der Waals surface area contributed by atoms with Crippen molar-refractivity contribution in [1.29, 1.82) is 0 Å². The molecule has 2 aromatic rings.